The zero-order valence-electron chi connectivity index (χ0n) is 34.7. The van der Waals surface area contributed by atoms with E-state index >= 15 is 0 Å². The third-order valence-corrected chi connectivity index (χ3v) is 14.5. The van der Waals surface area contributed by atoms with E-state index in [1.807, 2.05) is 24.4 Å². The smallest absolute Gasteiger partial charge is 0.272 e. The van der Waals surface area contributed by atoms with Crippen molar-refractivity contribution < 1.29 is 34.1 Å². The zero-order valence-corrected chi connectivity index (χ0v) is 35.4. The highest BCUT2D eigenvalue weighted by molar-refractivity contribution is 6.31. The highest BCUT2D eigenvalue weighted by Gasteiger charge is 2.50. The van der Waals surface area contributed by atoms with Gasteiger partial charge in [0, 0.05) is 50.7 Å². The van der Waals surface area contributed by atoms with Crippen LogP contribution in [0.2, 0.25) is 5.02 Å². The first-order valence-electron chi connectivity index (χ1n) is 22.0. The van der Waals surface area contributed by atoms with Crippen LogP contribution in [-0.4, -0.2) is 97.3 Å². The lowest BCUT2D eigenvalue weighted by Crippen LogP contribution is -2.58. The average Bonchev–Trinajstić information content (AvgIpc) is 3.59. The molecule has 3 atom stereocenters. The van der Waals surface area contributed by atoms with Gasteiger partial charge in [0.2, 0.25) is 0 Å². The number of aliphatic hydroxyl groups is 2. The number of aromatic nitrogens is 2. The summed E-state index contributed by atoms with van der Waals surface area (Å²) in [4.78, 5) is 44.1. The minimum Gasteiger partial charge on any atom is -0.490 e. The van der Waals surface area contributed by atoms with E-state index in [2.05, 4.69) is 38.1 Å². The number of carbonyl (C=O) groups excluding carboxylic acids is 3. The van der Waals surface area contributed by atoms with E-state index in [1.54, 1.807) is 36.4 Å². The van der Waals surface area contributed by atoms with Gasteiger partial charge in [-0.25, -0.2) is 0 Å². The van der Waals surface area contributed by atoms with E-state index in [0.29, 0.717) is 46.9 Å². The maximum atomic E-state index is 13.6. The van der Waals surface area contributed by atoms with Gasteiger partial charge in [0.15, 0.2) is 5.69 Å². The number of benzene rings is 2. The Bertz CT molecular complexity index is 2430. The lowest BCUT2D eigenvalue weighted by molar-refractivity contribution is -0.0413. The summed E-state index contributed by atoms with van der Waals surface area (Å²) in [6.45, 7) is 1.45. The number of carbonyl (C=O) groups is 3. The van der Waals surface area contributed by atoms with Crippen LogP contribution in [0.25, 0.3) is 0 Å². The standard InChI is InChI=1S/C47H49ClN8O7/c48-34-23-31(8-5-27(34)26-49)62-30-9-6-29(7-10-30)51-42(58)35-11-13-39(54-53-35)47(15-3-16-47)41-36(4-1-2-19-50-41)55-20-17-46(18-21-55)25-28-22-32-33(24-38(28)63-46)45(61)56(44(32)60)37-12-14-40(57)52-43(37)59/h1-2,4-5,8,11,13,19,22-24,29-30,37,40,43,50,52,57,59H,3,6-7,9-10,12,14-18,20-21,25H2,(H,51,58). The molecule has 3 aromatic rings. The summed E-state index contributed by atoms with van der Waals surface area (Å²) in [5, 5.41) is 48.5. The molecule has 5 aliphatic heterocycles. The molecule has 63 heavy (non-hydrogen) atoms. The SMILES string of the molecule is N#Cc1ccc(OC2CCC(NC(=O)c3ccc(C4(C5=C(N6CCC7(CC6)Cc6cc8c(cc6O7)C(=O)N(C6CCC(O)NC6O)C8=O)C=CC=CN5)CCC4)nn3)CC2)cc1Cl. The highest BCUT2D eigenvalue weighted by atomic mass is 35.5. The number of fused-ring (bicyclic) bond motifs is 2. The second-order valence-electron chi connectivity index (χ2n) is 17.9. The first kappa shape index (κ1) is 41.2. The summed E-state index contributed by atoms with van der Waals surface area (Å²) < 4.78 is 12.8. The molecule has 5 N–H and O–H groups in total. The fraction of sp³-hybridized carbons (Fsp3) is 0.447. The van der Waals surface area contributed by atoms with E-state index in [9.17, 15) is 24.6 Å². The Hall–Kier alpha value is -5.79. The number of amides is 3. The summed E-state index contributed by atoms with van der Waals surface area (Å²) in [5.41, 5.74) is 4.28. The van der Waals surface area contributed by atoms with Crippen LogP contribution in [-0.2, 0) is 11.8 Å². The lowest BCUT2D eigenvalue weighted by Gasteiger charge is -2.46. The monoisotopic (exact) mass is 872 g/mol. The summed E-state index contributed by atoms with van der Waals surface area (Å²) in [7, 11) is 0. The minimum absolute atomic E-state index is 0.00467. The molecule has 3 unspecified atom stereocenters. The van der Waals surface area contributed by atoms with Crippen LogP contribution in [0.3, 0.4) is 0 Å². The van der Waals surface area contributed by atoms with Crippen molar-refractivity contribution >= 4 is 29.3 Å². The van der Waals surface area contributed by atoms with Gasteiger partial charge in [-0.05, 0) is 105 Å². The third-order valence-electron chi connectivity index (χ3n) is 14.1. The number of hydrogen-bond acceptors (Lipinski definition) is 13. The first-order valence-corrected chi connectivity index (χ1v) is 22.4. The van der Waals surface area contributed by atoms with Crippen molar-refractivity contribution in [3.63, 3.8) is 0 Å². The molecule has 326 valence electrons. The Labute approximate surface area is 369 Å². The predicted octanol–water partition coefficient (Wildman–Crippen LogP) is 4.88. The molecule has 3 amide bonds. The minimum atomic E-state index is -1.21. The van der Waals surface area contributed by atoms with E-state index in [0.717, 1.165) is 98.4 Å². The number of likely N-dealkylation sites (tertiary alicyclic amines) is 1. The maximum Gasteiger partial charge on any atom is 0.272 e. The summed E-state index contributed by atoms with van der Waals surface area (Å²) in [6, 6.07) is 13.6. The van der Waals surface area contributed by atoms with E-state index in [1.165, 1.54) is 0 Å². The van der Waals surface area contributed by atoms with Crippen molar-refractivity contribution in [2.24, 2.45) is 0 Å². The Morgan fingerprint density at radius 2 is 1.73 bits per heavy atom. The quantitative estimate of drug-likeness (QED) is 0.192. The average molecular weight is 873 g/mol. The molecular weight excluding hydrogens is 824 g/mol. The van der Waals surface area contributed by atoms with Crippen molar-refractivity contribution in [2.75, 3.05) is 13.1 Å². The molecule has 1 spiro atoms. The molecule has 2 aromatic carbocycles. The zero-order chi connectivity index (χ0) is 43.5. The first-order chi connectivity index (χ1) is 30.5. The largest absolute Gasteiger partial charge is 0.490 e. The molecule has 2 saturated heterocycles. The van der Waals surface area contributed by atoms with E-state index in [-0.39, 0.29) is 29.3 Å². The highest BCUT2D eigenvalue weighted by Crippen LogP contribution is 2.50. The molecule has 16 heteroatoms. The van der Waals surface area contributed by atoms with Gasteiger partial charge in [-0.1, -0.05) is 24.1 Å². The maximum absolute atomic E-state index is 13.6. The van der Waals surface area contributed by atoms with Crippen LogP contribution >= 0.6 is 11.6 Å². The van der Waals surface area contributed by atoms with Gasteiger partial charge in [0.05, 0.1) is 56.4 Å². The molecular formula is C47H49ClN8O7. The number of ether oxygens (including phenoxy) is 2. The van der Waals surface area contributed by atoms with Gasteiger partial charge in [-0.15, -0.1) is 5.10 Å². The fourth-order valence-corrected chi connectivity index (χ4v) is 10.7. The van der Waals surface area contributed by atoms with E-state index in [4.69, 9.17) is 31.4 Å². The number of aliphatic hydroxyl groups excluding tert-OH is 2. The third kappa shape index (κ3) is 7.52. The fourth-order valence-electron chi connectivity index (χ4n) is 10.5. The van der Waals surface area contributed by atoms with Crippen molar-refractivity contribution in [3.05, 3.63) is 117 Å². The second-order valence-corrected chi connectivity index (χ2v) is 18.3. The van der Waals surface area contributed by atoms with Gasteiger partial charge in [-0.3, -0.25) is 24.6 Å². The molecule has 6 heterocycles. The van der Waals surface area contributed by atoms with Crippen LogP contribution < -0.4 is 25.4 Å². The number of halogens is 1. The van der Waals surface area contributed by atoms with Crippen molar-refractivity contribution in [2.45, 2.75) is 119 Å². The number of imide groups is 1. The Balaban J connectivity index is 0.785. The molecule has 7 aliphatic rings. The van der Waals surface area contributed by atoms with Crippen LogP contribution in [0.4, 0.5) is 0 Å². The van der Waals surface area contributed by atoms with E-state index < -0.39 is 41.3 Å². The molecule has 2 saturated carbocycles. The number of piperidine rings is 2. The summed E-state index contributed by atoms with van der Waals surface area (Å²) in [6.07, 6.45) is 14.6. The Kier molecular flexibility index (Phi) is 10.7. The van der Waals surface area contributed by atoms with Crippen LogP contribution in [0, 0.1) is 11.3 Å². The number of nitrogens with one attached hydrogen (secondary N) is 3. The van der Waals surface area contributed by atoms with Gasteiger partial charge in [0.1, 0.15) is 35.6 Å². The summed E-state index contributed by atoms with van der Waals surface area (Å²) in [5.74, 6) is 0.113. The number of allylic oxidation sites excluding steroid dienone is 4. The predicted molar refractivity (Wildman–Crippen MR) is 229 cm³/mol. The molecule has 0 radical (unpaired) electrons. The van der Waals surface area contributed by atoms with Crippen molar-refractivity contribution in [3.8, 4) is 17.6 Å². The molecule has 4 fully saturated rings. The number of rotatable bonds is 8. The Morgan fingerprint density at radius 1 is 0.952 bits per heavy atom. The Morgan fingerprint density at radius 3 is 2.41 bits per heavy atom. The molecule has 0 bridgehead atoms. The van der Waals surface area contributed by atoms with Gasteiger partial charge in [-0.2, -0.15) is 10.4 Å². The van der Waals surface area contributed by atoms with Crippen LogP contribution in [0.5, 0.6) is 11.5 Å². The molecule has 1 aromatic heterocycles. The van der Waals surface area contributed by atoms with Gasteiger partial charge < -0.3 is 35.2 Å². The normalized spacial score (nSPS) is 26.9. The lowest BCUT2D eigenvalue weighted by atomic mass is 9.63. The number of nitriles is 1. The summed E-state index contributed by atoms with van der Waals surface area (Å²) >= 11 is 6.19. The van der Waals surface area contributed by atoms with Crippen molar-refractivity contribution in [1.82, 2.24) is 35.9 Å². The molecule has 10 rings (SSSR count). The van der Waals surface area contributed by atoms with Crippen LogP contribution in [0.1, 0.15) is 119 Å². The molecule has 2 aliphatic carbocycles. The molecule has 15 nitrogen and oxygen atoms in total. The van der Waals surface area contributed by atoms with Crippen LogP contribution in [0.15, 0.2) is 78.3 Å². The second kappa shape index (κ2) is 16.4. The van der Waals surface area contributed by atoms with Gasteiger partial charge >= 0.3 is 0 Å². The van der Waals surface area contributed by atoms with Gasteiger partial charge in [0.25, 0.3) is 17.7 Å². The number of hydrogen-bond donors (Lipinski definition) is 5. The number of nitrogens with zero attached hydrogens (tertiary/aromatic N) is 5. The van der Waals surface area contributed by atoms with Crippen molar-refractivity contribution in [1.29, 1.82) is 5.26 Å². The topological polar surface area (TPSA) is 202 Å².